The number of nitrogens with one attached hydrogen (secondary N) is 1. The van der Waals surface area contributed by atoms with Gasteiger partial charge < -0.3 is 14.5 Å². The molecule has 0 saturated heterocycles. The van der Waals surface area contributed by atoms with Crippen LogP contribution in [-0.4, -0.2) is 27.9 Å². The van der Waals surface area contributed by atoms with Gasteiger partial charge in [0, 0.05) is 31.4 Å². The van der Waals surface area contributed by atoms with Gasteiger partial charge in [-0.05, 0) is 49.8 Å². The van der Waals surface area contributed by atoms with Crippen molar-refractivity contribution in [1.82, 2.24) is 14.7 Å². The molecule has 0 fully saturated rings. The molecule has 0 spiro atoms. The predicted octanol–water partition coefficient (Wildman–Crippen LogP) is 3.49. The van der Waals surface area contributed by atoms with E-state index in [2.05, 4.69) is 10.3 Å². The van der Waals surface area contributed by atoms with Gasteiger partial charge in [0.15, 0.2) is 0 Å². The van der Waals surface area contributed by atoms with E-state index in [0.29, 0.717) is 13.0 Å². The maximum Gasteiger partial charge on any atom is 0.244 e. The van der Waals surface area contributed by atoms with Crippen LogP contribution in [0.2, 0.25) is 0 Å². The minimum Gasteiger partial charge on any atom is -0.491 e. The normalized spacial score (nSPS) is 11.3. The van der Waals surface area contributed by atoms with Gasteiger partial charge in [0.1, 0.15) is 11.4 Å². The first kappa shape index (κ1) is 17.7. The van der Waals surface area contributed by atoms with E-state index in [1.165, 1.54) is 6.08 Å². The Balaban J connectivity index is 1.50. The number of aromatic nitrogens is 2. The van der Waals surface area contributed by atoms with Crippen molar-refractivity contribution in [2.24, 2.45) is 0 Å². The fourth-order valence-electron chi connectivity index (χ4n) is 2.62. The van der Waals surface area contributed by atoms with Gasteiger partial charge in [-0.1, -0.05) is 18.2 Å². The molecule has 2 aromatic heterocycles. The Bertz CT molecular complexity index is 879. The zero-order valence-corrected chi connectivity index (χ0v) is 15.1. The number of nitrogens with zero attached hydrogens (tertiary/aromatic N) is 2. The van der Waals surface area contributed by atoms with Gasteiger partial charge in [0.05, 0.1) is 11.8 Å². The fraction of sp³-hybridized carbons (Fsp3) is 0.238. The highest BCUT2D eigenvalue weighted by atomic mass is 16.5. The van der Waals surface area contributed by atoms with Crippen LogP contribution < -0.4 is 10.1 Å². The molecule has 1 aromatic carbocycles. The van der Waals surface area contributed by atoms with E-state index in [1.807, 2.05) is 73.1 Å². The molecule has 1 N–H and O–H groups in total. The number of imidazole rings is 1. The molecule has 0 aliphatic heterocycles. The predicted molar refractivity (Wildman–Crippen MR) is 103 cm³/mol. The van der Waals surface area contributed by atoms with Gasteiger partial charge in [0.2, 0.25) is 5.91 Å². The fourth-order valence-corrected chi connectivity index (χ4v) is 2.62. The van der Waals surface area contributed by atoms with Gasteiger partial charge in [0.25, 0.3) is 0 Å². The number of fused-ring (bicyclic) bond motifs is 1. The third-order valence-corrected chi connectivity index (χ3v) is 3.75. The van der Waals surface area contributed by atoms with Crippen molar-refractivity contribution in [3.63, 3.8) is 0 Å². The smallest absolute Gasteiger partial charge is 0.244 e. The van der Waals surface area contributed by atoms with Crippen LogP contribution >= 0.6 is 0 Å². The van der Waals surface area contributed by atoms with Crippen molar-refractivity contribution < 1.29 is 9.53 Å². The number of hydrogen-bond acceptors (Lipinski definition) is 3. The third-order valence-electron chi connectivity index (χ3n) is 3.75. The molecule has 5 nitrogen and oxygen atoms in total. The van der Waals surface area contributed by atoms with Crippen molar-refractivity contribution in [1.29, 1.82) is 0 Å². The molecule has 1 amide bonds. The van der Waals surface area contributed by atoms with Crippen molar-refractivity contribution in [2.75, 3.05) is 6.54 Å². The summed E-state index contributed by atoms with van der Waals surface area (Å²) < 4.78 is 7.63. The van der Waals surface area contributed by atoms with Crippen molar-refractivity contribution in [2.45, 2.75) is 26.4 Å². The molecular weight excluding hydrogens is 326 g/mol. The second-order valence-corrected chi connectivity index (χ2v) is 6.31. The summed E-state index contributed by atoms with van der Waals surface area (Å²) in [5.41, 5.74) is 2.80. The monoisotopic (exact) mass is 349 g/mol. The number of rotatable bonds is 7. The van der Waals surface area contributed by atoms with Crippen LogP contribution in [0.1, 0.15) is 25.1 Å². The summed E-state index contributed by atoms with van der Waals surface area (Å²) in [6.45, 7) is 4.52. The lowest BCUT2D eigenvalue weighted by Gasteiger charge is -2.09. The molecule has 0 radical (unpaired) electrons. The average molecular weight is 349 g/mol. The molecule has 0 unspecified atom stereocenters. The van der Waals surface area contributed by atoms with Gasteiger partial charge >= 0.3 is 0 Å². The number of carbonyl (C=O) groups excluding carboxylic acids is 1. The van der Waals surface area contributed by atoms with E-state index in [1.54, 1.807) is 6.08 Å². The molecule has 0 aliphatic rings. The van der Waals surface area contributed by atoms with E-state index in [0.717, 1.165) is 22.7 Å². The second kappa shape index (κ2) is 8.34. The molecule has 3 rings (SSSR count). The van der Waals surface area contributed by atoms with E-state index in [-0.39, 0.29) is 12.0 Å². The van der Waals surface area contributed by atoms with Crippen LogP contribution in [0, 0.1) is 0 Å². The van der Waals surface area contributed by atoms with Crippen LogP contribution in [0.3, 0.4) is 0 Å². The minimum absolute atomic E-state index is 0.121. The van der Waals surface area contributed by atoms with Gasteiger partial charge in [-0.3, -0.25) is 4.79 Å². The van der Waals surface area contributed by atoms with E-state index in [4.69, 9.17) is 4.74 Å². The van der Waals surface area contributed by atoms with Gasteiger partial charge in [-0.25, -0.2) is 4.98 Å². The Labute approximate surface area is 153 Å². The summed E-state index contributed by atoms with van der Waals surface area (Å²) in [5.74, 6) is 0.679. The topological polar surface area (TPSA) is 55.6 Å². The number of carbonyl (C=O) groups is 1. The molecule has 0 bridgehead atoms. The number of pyridine rings is 1. The summed E-state index contributed by atoms with van der Waals surface area (Å²) in [4.78, 5) is 16.5. The molecule has 5 heteroatoms. The number of benzene rings is 1. The van der Waals surface area contributed by atoms with Gasteiger partial charge in [-0.2, -0.15) is 0 Å². The Kier molecular flexibility index (Phi) is 5.69. The Hall–Kier alpha value is -3.08. The summed E-state index contributed by atoms with van der Waals surface area (Å²) in [6.07, 6.45) is 8.09. The molecule has 0 saturated carbocycles. The Morgan fingerprint density at radius 3 is 2.96 bits per heavy atom. The molecule has 0 atom stereocenters. The average Bonchev–Trinajstić information content (AvgIpc) is 3.02. The first-order chi connectivity index (χ1) is 12.6. The standard InChI is InChI=1S/C21H23N3O2/c1-16(2)26-19-7-5-6-17(14-19)9-10-21(25)22-12-11-18-15-24-13-4-3-8-20(24)23-18/h3-10,13-16H,11-12H2,1-2H3,(H,22,25)/b10-9+. The van der Waals surface area contributed by atoms with E-state index in [9.17, 15) is 4.79 Å². The van der Waals surface area contributed by atoms with Crippen LogP contribution in [0.4, 0.5) is 0 Å². The van der Waals surface area contributed by atoms with Crippen molar-refractivity contribution in [3.8, 4) is 5.75 Å². The zero-order chi connectivity index (χ0) is 18.4. The van der Waals surface area contributed by atoms with Crippen LogP contribution in [0.15, 0.2) is 60.9 Å². The lowest BCUT2D eigenvalue weighted by atomic mass is 10.2. The maximum absolute atomic E-state index is 12.0. The summed E-state index contributed by atoms with van der Waals surface area (Å²) in [7, 11) is 0. The lowest BCUT2D eigenvalue weighted by Crippen LogP contribution is -2.23. The molecular formula is C21H23N3O2. The van der Waals surface area contributed by atoms with Crippen LogP contribution in [0.25, 0.3) is 11.7 Å². The highest BCUT2D eigenvalue weighted by molar-refractivity contribution is 5.91. The lowest BCUT2D eigenvalue weighted by molar-refractivity contribution is -0.116. The quantitative estimate of drug-likeness (QED) is 0.664. The van der Waals surface area contributed by atoms with Gasteiger partial charge in [-0.15, -0.1) is 0 Å². The Morgan fingerprint density at radius 2 is 2.15 bits per heavy atom. The SMILES string of the molecule is CC(C)Oc1cccc(/C=C/C(=O)NCCc2cn3ccccc3n2)c1. The van der Waals surface area contributed by atoms with Crippen molar-refractivity contribution in [3.05, 3.63) is 72.2 Å². The number of hydrogen-bond donors (Lipinski definition) is 1. The summed E-state index contributed by atoms with van der Waals surface area (Å²) >= 11 is 0. The largest absolute Gasteiger partial charge is 0.491 e. The minimum atomic E-state index is -0.121. The highest BCUT2D eigenvalue weighted by Gasteiger charge is 2.02. The molecule has 2 heterocycles. The van der Waals surface area contributed by atoms with Crippen LogP contribution in [-0.2, 0) is 11.2 Å². The maximum atomic E-state index is 12.0. The molecule has 3 aromatic rings. The number of amides is 1. The van der Waals surface area contributed by atoms with Crippen LogP contribution in [0.5, 0.6) is 5.75 Å². The summed E-state index contributed by atoms with van der Waals surface area (Å²) in [6, 6.07) is 13.6. The molecule has 26 heavy (non-hydrogen) atoms. The van der Waals surface area contributed by atoms with Crippen molar-refractivity contribution >= 4 is 17.6 Å². The number of ether oxygens (including phenoxy) is 1. The third kappa shape index (κ3) is 4.96. The first-order valence-electron chi connectivity index (χ1n) is 8.75. The van der Waals surface area contributed by atoms with E-state index < -0.39 is 0 Å². The Morgan fingerprint density at radius 1 is 1.27 bits per heavy atom. The highest BCUT2D eigenvalue weighted by Crippen LogP contribution is 2.15. The first-order valence-corrected chi connectivity index (χ1v) is 8.75. The second-order valence-electron chi connectivity index (χ2n) is 6.31. The molecule has 0 aliphatic carbocycles. The summed E-state index contributed by atoms with van der Waals surface area (Å²) in [5, 5.41) is 2.89. The zero-order valence-electron chi connectivity index (χ0n) is 15.1. The van der Waals surface area contributed by atoms with E-state index >= 15 is 0 Å². The molecule has 134 valence electrons.